The van der Waals surface area contributed by atoms with Crippen LogP contribution in [-0.4, -0.2) is 25.5 Å². The molecular weight excluding hydrogens is 268 g/mol. The standard InChI is InChI=1S/C16H16N2O3/c1-21-16(20)13-6-2-4-11(8-13)12-5-3-7-14(9-12)18-15(19)10-17/h2-9H,10,17H2,1H3,(H,18,19). The zero-order valence-electron chi connectivity index (χ0n) is 11.6. The molecule has 0 heterocycles. The Labute approximate surface area is 122 Å². The molecule has 2 aromatic rings. The topological polar surface area (TPSA) is 81.4 Å². The van der Waals surface area contributed by atoms with Gasteiger partial charge < -0.3 is 15.8 Å². The van der Waals surface area contributed by atoms with Gasteiger partial charge in [0.2, 0.25) is 5.91 Å². The number of ether oxygens (including phenoxy) is 1. The van der Waals surface area contributed by atoms with E-state index in [0.717, 1.165) is 11.1 Å². The summed E-state index contributed by atoms with van der Waals surface area (Å²) in [5.74, 6) is -0.639. The van der Waals surface area contributed by atoms with Crippen LogP contribution in [0, 0.1) is 0 Å². The van der Waals surface area contributed by atoms with Crippen molar-refractivity contribution in [2.24, 2.45) is 5.73 Å². The molecule has 0 spiro atoms. The number of rotatable bonds is 4. The minimum atomic E-state index is -0.385. The molecule has 0 radical (unpaired) electrons. The number of carbonyl (C=O) groups excluding carboxylic acids is 2. The van der Waals surface area contributed by atoms with Gasteiger partial charge in [0.25, 0.3) is 0 Å². The molecule has 0 saturated carbocycles. The van der Waals surface area contributed by atoms with Crippen LogP contribution in [0.4, 0.5) is 5.69 Å². The van der Waals surface area contributed by atoms with E-state index in [2.05, 4.69) is 5.32 Å². The van der Waals surface area contributed by atoms with E-state index < -0.39 is 0 Å². The van der Waals surface area contributed by atoms with E-state index >= 15 is 0 Å². The molecule has 5 nitrogen and oxygen atoms in total. The average molecular weight is 284 g/mol. The van der Waals surface area contributed by atoms with Crippen LogP contribution >= 0.6 is 0 Å². The second-order valence-corrected chi connectivity index (χ2v) is 4.41. The SMILES string of the molecule is COC(=O)c1cccc(-c2cccc(NC(=O)CN)c2)c1. The van der Waals surface area contributed by atoms with Gasteiger partial charge in [-0.3, -0.25) is 4.79 Å². The molecule has 2 aromatic carbocycles. The first-order valence-electron chi connectivity index (χ1n) is 6.43. The number of nitrogens with two attached hydrogens (primary N) is 1. The number of benzene rings is 2. The fourth-order valence-corrected chi connectivity index (χ4v) is 1.93. The number of hydrogen-bond acceptors (Lipinski definition) is 4. The Morgan fingerprint density at radius 3 is 2.43 bits per heavy atom. The van der Waals surface area contributed by atoms with Gasteiger partial charge in [-0.05, 0) is 35.4 Å². The maximum Gasteiger partial charge on any atom is 0.337 e. The molecule has 0 saturated heterocycles. The third-order valence-electron chi connectivity index (χ3n) is 2.95. The van der Waals surface area contributed by atoms with Gasteiger partial charge in [-0.15, -0.1) is 0 Å². The minimum Gasteiger partial charge on any atom is -0.465 e. The Morgan fingerprint density at radius 2 is 1.76 bits per heavy atom. The van der Waals surface area contributed by atoms with Gasteiger partial charge in [-0.2, -0.15) is 0 Å². The van der Waals surface area contributed by atoms with Gasteiger partial charge in [-0.1, -0.05) is 24.3 Å². The molecular formula is C16H16N2O3. The Kier molecular flexibility index (Phi) is 4.68. The number of amides is 1. The van der Waals surface area contributed by atoms with Gasteiger partial charge >= 0.3 is 5.97 Å². The van der Waals surface area contributed by atoms with E-state index in [-0.39, 0.29) is 18.4 Å². The molecule has 0 aliphatic carbocycles. The predicted octanol–water partition coefficient (Wildman–Crippen LogP) is 2.04. The van der Waals surface area contributed by atoms with Gasteiger partial charge in [-0.25, -0.2) is 4.79 Å². The van der Waals surface area contributed by atoms with Gasteiger partial charge in [0, 0.05) is 5.69 Å². The quantitative estimate of drug-likeness (QED) is 0.842. The van der Waals surface area contributed by atoms with Crippen LogP contribution in [0.25, 0.3) is 11.1 Å². The maximum atomic E-state index is 11.6. The summed E-state index contributed by atoms with van der Waals surface area (Å²) < 4.78 is 4.71. The van der Waals surface area contributed by atoms with Crippen LogP contribution in [-0.2, 0) is 9.53 Å². The number of anilines is 1. The highest BCUT2D eigenvalue weighted by Crippen LogP contribution is 2.23. The lowest BCUT2D eigenvalue weighted by Gasteiger charge is -2.08. The fraction of sp³-hybridized carbons (Fsp3) is 0.125. The molecule has 3 N–H and O–H groups in total. The molecule has 0 unspecified atom stereocenters. The van der Waals surface area contributed by atoms with Crippen molar-refractivity contribution < 1.29 is 14.3 Å². The monoisotopic (exact) mass is 284 g/mol. The smallest absolute Gasteiger partial charge is 0.337 e. The van der Waals surface area contributed by atoms with Crippen molar-refractivity contribution in [3.05, 3.63) is 54.1 Å². The van der Waals surface area contributed by atoms with Crippen LogP contribution in [0.3, 0.4) is 0 Å². The largest absolute Gasteiger partial charge is 0.465 e. The molecule has 2 rings (SSSR count). The van der Waals surface area contributed by atoms with Crippen molar-refractivity contribution in [1.82, 2.24) is 0 Å². The Bertz CT molecular complexity index is 668. The summed E-state index contributed by atoms with van der Waals surface area (Å²) >= 11 is 0. The average Bonchev–Trinajstić information content (AvgIpc) is 2.54. The fourth-order valence-electron chi connectivity index (χ4n) is 1.93. The van der Waals surface area contributed by atoms with Crippen LogP contribution < -0.4 is 11.1 Å². The number of esters is 1. The third-order valence-corrected chi connectivity index (χ3v) is 2.95. The third kappa shape index (κ3) is 3.67. The lowest BCUT2D eigenvalue weighted by Crippen LogP contribution is -2.21. The van der Waals surface area contributed by atoms with Crippen LogP contribution in [0.1, 0.15) is 10.4 Å². The lowest BCUT2D eigenvalue weighted by molar-refractivity contribution is -0.114. The van der Waals surface area contributed by atoms with E-state index in [1.165, 1.54) is 7.11 Å². The summed E-state index contributed by atoms with van der Waals surface area (Å²) in [6, 6.07) is 14.4. The number of nitrogens with one attached hydrogen (secondary N) is 1. The maximum absolute atomic E-state index is 11.6. The first-order valence-corrected chi connectivity index (χ1v) is 6.43. The Balaban J connectivity index is 2.31. The summed E-state index contributed by atoms with van der Waals surface area (Å²) in [7, 11) is 1.35. The molecule has 0 aliphatic heterocycles. The van der Waals surface area contributed by atoms with Crippen LogP contribution in [0.15, 0.2) is 48.5 Å². The van der Waals surface area contributed by atoms with Crippen LogP contribution in [0.5, 0.6) is 0 Å². The summed E-state index contributed by atoms with van der Waals surface area (Å²) in [5, 5.41) is 2.69. The highest BCUT2D eigenvalue weighted by molar-refractivity contribution is 5.93. The summed E-state index contributed by atoms with van der Waals surface area (Å²) in [5.41, 5.74) is 8.16. The van der Waals surface area contributed by atoms with Gasteiger partial charge in [0.05, 0.1) is 19.2 Å². The van der Waals surface area contributed by atoms with Crippen molar-refractivity contribution >= 4 is 17.6 Å². The van der Waals surface area contributed by atoms with Gasteiger partial charge in [0.15, 0.2) is 0 Å². The second kappa shape index (κ2) is 6.67. The summed E-state index contributed by atoms with van der Waals surface area (Å²) in [6.45, 7) is -0.0674. The predicted molar refractivity (Wildman–Crippen MR) is 80.9 cm³/mol. The van der Waals surface area contributed by atoms with E-state index in [4.69, 9.17) is 10.5 Å². The Hall–Kier alpha value is -2.66. The molecule has 108 valence electrons. The summed E-state index contributed by atoms with van der Waals surface area (Å²) in [4.78, 5) is 22.9. The molecule has 0 atom stereocenters. The number of carbonyl (C=O) groups is 2. The lowest BCUT2D eigenvalue weighted by atomic mass is 10.0. The van der Waals surface area contributed by atoms with E-state index in [1.54, 1.807) is 24.3 Å². The highest BCUT2D eigenvalue weighted by Gasteiger charge is 2.07. The number of methoxy groups -OCH3 is 1. The van der Waals surface area contributed by atoms with Crippen molar-refractivity contribution in [2.75, 3.05) is 19.0 Å². The molecule has 0 aromatic heterocycles. The molecule has 21 heavy (non-hydrogen) atoms. The first kappa shape index (κ1) is 14.7. The van der Waals surface area contributed by atoms with Crippen molar-refractivity contribution in [1.29, 1.82) is 0 Å². The van der Waals surface area contributed by atoms with Crippen molar-refractivity contribution in [3.63, 3.8) is 0 Å². The second-order valence-electron chi connectivity index (χ2n) is 4.41. The molecule has 0 aliphatic rings. The number of hydrogen-bond donors (Lipinski definition) is 2. The first-order chi connectivity index (χ1) is 10.1. The summed E-state index contributed by atoms with van der Waals surface area (Å²) in [6.07, 6.45) is 0. The molecule has 1 amide bonds. The highest BCUT2D eigenvalue weighted by atomic mass is 16.5. The zero-order valence-corrected chi connectivity index (χ0v) is 11.6. The zero-order chi connectivity index (χ0) is 15.2. The normalized spacial score (nSPS) is 10.0. The van der Waals surface area contributed by atoms with E-state index in [1.807, 2.05) is 24.3 Å². The van der Waals surface area contributed by atoms with Gasteiger partial charge in [0.1, 0.15) is 0 Å². The Morgan fingerprint density at radius 1 is 1.10 bits per heavy atom. The molecule has 0 fully saturated rings. The van der Waals surface area contributed by atoms with Crippen molar-refractivity contribution in [3.8, 4) is 11.1 Å². The van der Waals surface area contributed by atoms with Crippen LogP contribution in [0.2, 0.25) is 0 Å². The minimum absolute atomic E-state index is 0.0674. The van der Waals surface area contributed by atoms with E-state index in [9.17, 15) is 9.59 Å². The van der Waals surface area contributed by atoms with Crippen molar-refractivity contribution in [2.45, 2.75) is 0 Å². The molecule has 5 heteroatoms. The van der Waals surface area contributed by atoms with E-state index in [0.29, 0.717) is 11.3 Å². The molecule has 0 bridgehead atoms.